The van der Waals surface area contributed by atoms with E-state index in [0.29, 0.717) is 24.1 Å². The summed E-state index contributed by atoms with van der Waals surface area (Å²) in [7, 11) is -1.73. The first-order valence-electron chi connectivity index (χ1n) is 13.6. The van der Waals surface area contributed by atoms with Crippen LogP contribution in [0.2, 0.25) is 0 Å². The smallest absolute Gasteiger partial charge is 0.449 e. The molecule has 3 aromatic heterocycles. The molecule has 1 aromatic carbocycles. The van der Waals surface area contributed by atoms with Gasteiger partial charge in [-0.05, 0) is 54.8 Å². The van der Waals surface area contributed by atoms with E-state index in [0.717, 1.165) is 34.3 Å². The molecular formula is C29H35F4N5O3S3. The van der Waals surface area contributed by atoms with Gasteiger partial charge in [0, 0.05) is 31.1 Å². The molecule has 1 unspecified atom stereocenters. The lowest BCUT2D eigenvalue weighted by atomic mass is 10.1. The molecule has 2 N–H and O–H groups in total. The Morgan fingerprint density at radius 1 is 1.16 bits per heavy atom. The van der Waals surface area contributed by atoms with Gasteiger partial charge in [-0.15, -0.1) is 11.3 Å². The van der Waals surface area contributed by atoms with E-state index in [1.165, 1.54) is 12.3 Å². The monoisotopic (exact) mass is 673 g/mol. The van der Waals surface area contributed by atoms with Crippen LogP contribution >= 0.6 is 23.1 Å². The average Bonchev–Trinajstić information content (AvgIpc) is 3.69. The Balaban J connectivity index is 0.000000661. The number of ketones is 1. The molecule has 0 amide bonds. The number of nitrogens with zero attached hydrogens (tertiary/aromatic N) is 3. The van der Waals surface area contributed by atoms with Crippen molar-refractivity contribution < 1.29 is 31.0 Å². The quantitative estimate of drug-likeness (QED) is 0.120. The van der Waals surface area contributed by atoms with Crippen LogP contribution in [0.15, 0.2) is 58.4 Å². The number of Topliss-reactive ketones (excluding diaryl/α,β-unsaturated/α-hetero) is 1. The molecule has 0 aliphatic heterocycles. The number of hydrogen-bond acceptors (Lipinski definition) is 9. The summed E-state index contributed by atoms with van der Waals surface area (Å²) < 4.78 is 67.5. The second kappa shape index (κ2) is 17.9. The number of alkyl halides is 3. The Kier molecular flexibility index (Phi) is 15.0. The van der Waals surface area contributed by atoms with E-state index in [-0.39, 0.29) is 16.7 Å². The second-order valence-electron chi connectivity index (χ2n) is 8.97. The number of halogens is 4. The molecule has 0 spiro atoms. The van der Waals surface area contributed by atoms with Crippen LogP contribution in [0.3, 0.4) is 0 Å². The maximum Gasteiger partial charge on any atom is 0.449 e. The number of nitrogens with one attached hydrogen (secondary N) is 2. The highest BCUT2D eigenvalue weighted by Crippen LogP contribution is 2.39. The molecule has 1 atom stereocenters. The lowest BCUT2D eigenvalue weighted by Crippen LogP contribution is -2.18. The van der Waals surface area contributed by atoms with Gasteiger partial charge in [-0.1, -0.05) is 27.7 Å². The normalized spacial score (nSPS) is 11.6. The molecule has 0 saturated carbocycles. The van der Waals surface area contributed by atoms with Gasteiger partial charge in [0.25, 0.3) is 0 Å². The van der Waals surface area contributed by atoms with E-state index >= 15 is 0 Å². The van der Waals surface area contributed by atoms with E-state index in [4.69, 9.17) is 14.4 Å². The van der Waals surface area contributed by atoms with E-state index < -0.39 is 28.8 Å². The third-order valence-electron chi connectivity index (χ3n) is 5.35. The van der Waals surface area contributed by atoms with Crippen molar-refractivity contribution in [1.29, 1.82) is 0 Å². The molecule has 0 saturated heterocycles. The molecule has 3 heterocycles. The predicted molar refractivity (Wildman–Crippen MR) is 171 cm³/mol. The molecule has 0 aliphatic rings. The largest absolute Gasteiger partial charge is 0.454 e. The Bertz CT molecular complexity index is 1500. The number of furan rings is 1. The van der Waals surface area contributed by atoms with Crippen LogP contribution in [0, 0.1) is 5.82 Å². The van der Waals surface area contributed by atoms with Crippen molar-refractivity contribution in [3.8, 4) is 21.8 Å². The molecule has 4 aromatic rings. The summed E-state index contributed by atoms with van der Waals surface area (Å²) in [6, 6.07) is 9.67. The third kappa shape index (κ3) is 11.0. The first-order chi connectivity index (χ1) is 20.9. The summed E-state index contributed by atoms with van der Waals surface area (Å²) in [5, 5.41) is 4.43. The van der Waals surface area contributed by atoms with Gasteiger partial charge in [0.2, 0.25) is 16.8 Å². The average molecular weight is 674 g/mol. The van der Waals surface area contributed by atoms with E-state index in [9.17, 15) is 26.6 Å². The van der Waals surface area contributed by atoms with Gasteiger partial charge in [0.1, 0.15) is 5.82 Å². The molecule has 0 fully saturated rings. The number of benzene rings is 1. The molecule has 0 radical (unpaired) electrons. The maximum absolute atomic E-state index is 14.6. The lowest BCUT2D eigenvalue weighted by Gasteiger charge is -2.09. The highest BCUT2D eigenvalue weighted by Gasteiger charge is 2.33. The Labute approximate surface area is 265 Å². The number of rotatable bonds is 11. The summed E-state index contributed by atoms with van der Waals surface area (Å²) in [4.78, 5) is 24.1. The van der Waals surface area contributed by atoms with Crippen LogP contribution in [0.5, 0.6) is 0 Å². The van der Waals surface area contributed by atoms with E-state index in [1.807, 2.05) is 19.9 Å². The predicted octanol–water partition coefficient (Wildman–Crippen LogP) is 8.59. The zero-order valence-corrected chi connectivity index (χ0v) is 27.6. The zero-order chi connectivity index (χ0) is 32.9. The zero-order valence-electron chi connectivity index (χ0n) is 25.1. The van der Waals surface area contributed by atoms with Crippen molar-refractivity contribution in [3.05, 3.63) is 59.7 Å². The van der Waals surface area contributed by atoms with Gasteiger partial charge >= 0.3 is 6.18 Å². The number of aromatic nitrogens is 3. The van der Waals surface area contributed by atoms with Gasteiger partial charge in [-0.25, -0.2) is 23.6 Å². The number of hydrogen-bond donors (Lipinski definition) is 2. The van der Waals surface area contributed by atoms with Crippen LogP contribution in [-0.4, -0.2) is 49.7 Å². The standard InChI is InChI=1S/C24H26FN5O2S3.C3H3F3O.C2H6/c1-15(2)23-29-21(22(34-23)18-9-11-27-24(28-18)26-10-5-13-33-3)16-7-8-17(25)19(14-16)30-35(31)20-6-4-12-32-20;1-2(7)3(4,5)6;1-2/h4,6-9,11-12,14-15,30H,5,10,13H2,1-3H3,(H,26,27,28);1H3;1-2H3. The van der Waals surface area contributed by atoms with Crippen LogP contribution in [0.1, 0.15) is 52.0 Å². The minimum absolute atomic E-state index is 0.0983. The van der Waals surface area contributed by atoms with Gasteiger partial charge in [0.15, 0.2) is 11.0 Å². The van der Waals surface area contributed by atoms with Gasteiger partial charge < -0.3 is 9.73 Å². The van der Waals surface area contributed by atoms with Crippen LogP contribution in [0.4, 0.5) is 29.2 Å². The van der Waals surface area contributed by atoms with Crippen molar-refractivity contribution in [3.63, 3.8) is 0 Å². The Hall–Kier alpha value is -3.30. The van der Waals surface area contributed by atoms with Gasteiger partial charge in [-0.3, -0.25) is 9.52 Å². The van der Waals surface area contributed by atoms with Crippen LogP contribution in [0.25, 0.3) is 21.8 Å². The first-order valence-corrected chi connectivity index (χ1v) is 16.9. The summed E-state index contributed by atoms with van der Waals surface area (Å²) in [6.45, 7) is 9.43. The Morgan fingerprint density at radius 2 is 1.86 bits per heavy atom. The maximum atomic E-state index is 14.6. The van der Waals surface area contributed by atoms with Crippen molar-refractivity contribution >= 4 is 51.5 Å². The molecule has 0 aliphatic carbocycles. The van der Waals surface area contributed by atoms with Crippen molar-refractivity contribution in [2.45, 2.75) is 58.2 Å². The third-order valence-corrected chi connectivity index (χ3v) is 8.43. The van der Waals surface area contributed by atoms with Gasteiger partial charge in [0.05, 0.1) is 33.2 Å². The fourth-order valence-corrected chi connectivity index (χ4v) is 5.50. The highest BCUT2D eigenvalue weighted by atomic mass is 32.2. The topological polar surface area (TPSA) is 110 Å². The SMILES string of the molecule is CC.CC(=O)C(F)(F)F.CSCCCNc1nccc(-c2sc(C(C)C)nc2-c2ccc(F)c(NS(=O)c3ccco3)c2)n1. The molecule has 15 heteroatoms. The van der Waals surface area contributed by atoms with E-state index in [1.54, 1.807) is 53.6 Å². The van der Waals surface area contributed by atoms with Gasteiger partial charge in [-0.2, -0.15) is 24.9 Å². The first kappa shape index (κ1) is 36.9. The van der Waals surface area contributed by atoms with E-state index in [2.05, 4.69) is 35.1 Å². The Morgan fingerprint density at radius 3 is 2.45 bits per heavy atom. The summed E-state index contributed by atoms with van der Waals surface area (Å²) in [6.07, 6.45) is 1.61. The molecule has 44 heavy (non-hydrogen) atoms. The molecular weight excluding hydrogens is 639 g/mol. The summed E-state index contributed by atoms with van der Waals surface area (Å²) in [5.41, 5.74) is 2.22. The van der Waals surface area contributed by atoms with Crippen molar-refractivity contribution in [1.82, 2.24) is 15.0 Å². The number of carbonyl (C=O) groups excluding carboxylic acids is 1. The molecule has 4 rings (SSSR count). The number of anilines is 2. The molecule has 8 nitrogen and oxygen atoms in total. The fourth-order valence-electron chi connectivity index (χ4n) is 3.21. The minimum Gasteiger partial charge on any atom is -0.454 e. The molecule has 0 bridgehead atoms. The second-order valence-corrected chi connectivity index (χ2v) is 12.1. The number of carbonyl (C=O) groups is 1. The van der Waals surface area contributed by atoms with Crippen molar-refractivity contribution in [2.24, 2.45) is 0 Å². The van der Waals surface area contributed by atoms with Crippen LogP contribution < -0.4 is 10.0 Å². The number of thioether (sulfide) groups is 1. The van der Waals surface area contributed by atoms with Crippen molar-refractivity contribution in [2.75, 3.05) is 28.6 Å². The lowest BCUT2D eigenvalue weighted by molar-refractivity contribution is -0.168. The molecule has 240 valence electrons. The minimum atomic E-state index is -4.64. The summed E-state index contributed by atoms with van der Waals surface area (Å²) >= 11 is 3.36. The summed E-state index contributed by atoms with van der Waals surface area (Å²) in [5.74, 6) is -0.442. The number of thiazole rings is 1. The van der Waals surface area contributed by atoms with Crippen LogP contribution in [-0.2, 0) is 15.8 Å². The fraction of sp³-hybridized carbons (Fsp3) is 0.379. The highest BCUT2D eigenvalue weighted by molar-refractivity contribution is 7.98.